The van der Waals surface area contributed by atoms with Gasteiger partial charge in [0.25, 0.3) is 17.5 Å². The summed E-state index contributed by atoms with van der Waals surface area (Å²) in [6.07, 6.45) is 0. The van der Waals surface area contributed by atoms with Gasteiger partial charge in [0.05, 0.1) is 56.1 Å². The maximum atomic E-state index is 13.8. The highest BCUT2D eigenvalue weighted by Crippen LogP contribution is 2.37. The first-order chi connectivity index (χ1) is 18.8. The summed E-state index contributed by atoms with van der Waals surface area (Å²) >= 11 is 6.18. The number of nitro groups is 1. The standard InChI is InChI=1S/C28H20ClN3O6S/c1-38-24-11-10-20(32(35)36)15-22(24)30-27(33)18-9-12-26-23(14-18)31(16-17-5-4-6-19(29)13-17)28(34)21-7-2-3-8-25(21)39(26)37/h2-15H,16H2,1H3,(H,30,33)/t39-/m1/s1. The molecule has 2 amide bonds. The van der Waals surface area contributed by atoms with Gasteiger partial charge >= 0.3 is 0 Å². The Morgan fingerprint density at radius 3 is 2.56 bits per heavy atom. The lowest BCUT2D eigenvalue weighted by Crippen LogP contribution is -2.30. The van der Waals surface area contributed by atoms with E-state index in [0.717, 1.165) is 5.56 Å². The Kier molecular flexibility index (Phi) is 7.14. The lowest BCUT2D eigenvalue weighted by atomic mass is 10.1. The second kappa shape index (κ2) is 10.7. The predicted octanol–water partition coefficient (Wildman–Crippen LogP) is 5.84. The zero-order chi connectivity index (χ0) is 27.7. The van der Waals surface area contributed by atoms with E-state index in [9.17, 15) is 23.9 Å². The second-order valence-corrected chi connectivity index (χ2v) is 10.4. The van der Waals surface area contributed by atoms with Gasteiger partial charge in [-0.15, -0.1) is 0 Å². The number of halogens is 1. The van der Waals surface area contributed by atoms with E-state index in [0.29, 0.717) is 26.1 Å². The topological polar surface area (TPSA) is 119 Å². The molecule has 196 valence electrons. The molecule has 1 atom stereocenters. The van der Waals surface area contributed by atoms with Gasteiger partial charge in [-0.2, -0.15) is 0 Å². The Balaban J connectivity index is 1.59. The predicted molar refractivity (Wildman–Crippen MR) is 147 cm³/mol. The lowest BCUT2D eigenvalue weighted by Gasteiger charge is -2.24. The fourth-order valence-electron chi connectivity index (χ4n) is 4.28. The zero-order valence-electron chi connectivity index (χ0n) is 20.4. The quantitative estimate of drug-likeness (QED) is 0.233. The minimum atomic E-state index is -1.70. The van der Waals surface area contributed by atoms with Crippen LogP contribution >= 0.6 is 11.6 Å². The van der Waals surface area contributed by atoms with Gasteiger partial charge < -0.3 is 15.0 Å². The third kappa shape index (κ3) is 5.12. The van der Waals surface area contributed by atoms with Crippen LogP contribution in [-0.4, -0.2) is 28.1 Å². The molecule has 0 spiro atoms. The van der Waals surface area contributed by atoms with E-state index in [2.05, 4.69) is 5.32 Å². The number of benzene rings is 4. The molecule has 1 heterocycles. The van der Waals surface area contributed by atoms with E-state index in [1.54, 1.807) is 48.5 Å². The van der Waals surface area contributed by atoms with Gasteiger partial charge in [-0.3, -0.25) is 19.7 Å². The van der Waals surface area contributed by atoms with Crippen LogP contribution in [0.25, 0.3) is 0 Å². The number of methoxy groups -OCH3 is 1. The summed E-state index contributed by atoms with van der Waals surface area (Å²) in [7, 11) is -0.319. The molecule has 4 aromatic carbocycles. The largest absolute Gasteiger partial charge is 0.495 e. The van der Waals surface area contributed by atoms with Crippen molar-refractivity contribution in [3.63, 3.8) is 0 Å². The van der Waals surface area contributed by atoms with Crippen LogP contribution in [0.4, 0.5) is 17.1 Å². The number of amides is 2. The molecular weight excluding hydrogens is 542 g/mol. The van der Waals surface area contributed by atoms with Crippen LogP contribution in [0.15, 0.2) is 94.7 Å². The molecule has 0 saturated carbocycles. The Morgan fingerprint density at radius 2 is 1.82 bits per heavy atom. The van der Waals surface area contributed by atoms with Gasteiger partial charge in [0.15, 0.2) is 0 Å². The molecule has 9 nitrogen and oxygen atoms in total. The zero-order valence-corrected chi connectivity index (χ0v) is 22.0. The van der Waals surface area contributed by atoms with Crippen molar-refractivity contribution in [2.45, 2.75) is 16.3 Å². The van der Waals surface area contributed by atoms with E-state index in [4.69, 9.17) is 16.3 Å². The maximum absolute atomic E-state index is 13.8. The highest BCUT2D eigenvalue weighted by Gasteiger charge is 2.31. The number of nitro benzene ring substituents is 1. The van der Waals surface area contributed by atoms with Crippen molar-refractivity contribution in [3.05, 3.63) is 117 Å². The van der Waals surface area contributed by atoms with Crippen molar-refractivity contribution in [3.8, 4) is 5.75 Å². The Bertz CT molecular complexity index is 1680. The van der Waals surface area contributed by atoms with Crippen molar-refractivity contribution >= 4 is 51.3 Å². The Labute approximate surface area is 230 Å². The number of carbonyl (C=O) groups excluding carboxylic acids is 2. The first-order valence-electron chi connectivity index (χ1n) is 11.6. The van der Waals surface area contributed by atoms with Crippen LogP contribution in [0, 0.1) is 10.1 Å². The molecule has 39 heavy (non-hydrogen) atoms. The van der Waals surface area contributed by atoms with Crippen molar-refractivity contribution in [2.24, 2.45) is 0 Å². The number of carbonyl (C=O) groups is 2. The maximum Gasteiger partial charge on any atom is 0.271 e. The number of anilines is 2. The van der Waals surface area contributed by atoms with Gasteiger partial charge in [-0.05, 0) is 54.1 Å². The molecule has 0 fully saturated rings. The fraction of sp³-hybridized carbons (Fsp3) is 0.0714. The van der Waals surface area contributed by atoms with Gasteiger partial charge in [0.2, 0.25) is 0 Å². The van der Waals surface area contributed by atoms with Gasteiger partial charge in [0, 0.05) is 22.7 Å². The van der Waals surface area contributed by atoms with Crippen LogP contribution in [0.5, 0.6) is 5.75 Å². The second-order valence-electron chi connectivity index (χ2n) is 8.56. The van der Waals surface area contributed by atoms with Crippen molar-refractivity contribution in [2.75, 3.05) is 17.3 Å². The summed E-state index contributed by atoms with van der Waals surface area (Å²) in [4.78, 5) is 39.9. The molecule has 0 saturated heterocycles. The molecule has 0 radical (unpaired) electrons. The molecule has 0 bridgehead atoms. The molecular formula is C28H20ClN3O6S. The summed E-state index contributed by atoms with van der Waals surface area (Å²) in [5.74, 6) is -0.743. The van der Waals surface area contributed by atoms with E-state index in [1.807, 2.05) is 6.07 Å². The van der Waals surface area contributed by atoms with Gasteiger partial charge in [-0.25, -0.2) is 4.21 Å². The van der Waals surface area contributed by atoms with Gasteiger partial charge in [0.1, 0.15) is 5.75 Å². The average molecular weight is 562 g/mol. The monoisotopic (exact) mass is 561 g/mol. The number of nitrogens with one attached hydrogen (secondary N) is 1. The minimum absolute atomic E-state index is 0.106. The highest BCUT2D eigenvalue weighted by atomic mass is 35.5. The third-order valence-electron chi connectivity index (χ3n) is 6.15. The fourth-order valence-corrected chi connectivity index (χ4v) is 5.84. The normalized spacial score (nSPS) is 14.2. The summed E-state index contributed by atoms with van der Waals surface area (Å²) < 4.78 is 18.9. The average Bonchev–Trinajstić information content (AvgIpc) is 3.02. The van der Waals surface area contributed by atoms with E-state index < -0.39 is 21.6 Å². The van der Waals surface area contributed by atoms with Crippen molar-refractivity contribution < 1.29 is 23.5 Å². The summed E-state index contributed by atoms with van der Waals surface area (Å²) in [5.41, 5.74) is 1.36. The summed E-state index contributed by atoms with van der Waals surface area (Å²) in [6.45, 7) is 0.113. The molecule has 0 aromatic heterocycles. The van der Waals surface area contributed by atoms with Crippen LogP contribution in [-0.2, 0) is 17.3 Å². The van der Waals surface area contributed by atoms with Crippen molar-refractivity contribution in [1.82, 2.24) is 0 Å². The molecule has 11 heteroatoms. The Morgan fingerprint density at radius 1 is 1.03 bits per heavy atom. The number of hydrogen-bond acceptors (Lipinski definition) is 6. The smallest absolute Gasteiger partial charge is 0.271 e. The molecule has 0 unspecified atom stereocenters. The number of hydrogen-bond donors (Lipinski definition) is 1. The number of rotatable bonds is 6. The first kappa shape index (κ1) is 26.1. The molecule has 0 aliphatic carbocycles. The van der Waals surface area contributed by atoms with Gasteiger partial charge in [-0.1, -0.05) is 35.9 Å². The van der Waals surface area contributed by atoms with Crippen molar-refractivity contribution in [1.29, 1.82) is 0 Å². The van der Waals surface area contributed by atoms with E-state index >= 15 is 0 Å². The number of nitrogens with zero attached hydrogens (tertiary/aromatic N) is 2. The third-order valence-corrected chi connectivity index (χ3v) is 7.88. The summed E-state index contributed by atoms with van der Waals surface area (Å²) in [6, 6.07) is 22.1. The number of fused-ring (bicyclic) bond motifs is 2. The first-order valence-corrected chi connectivity index (χ1v) is 13.1. The van der Waals surface area contributed by atoms with Crippen LogP contribution in [0.3, 0.4) is 0 Å². The molecule has 5 rings (SSSR count). The van der Waals surface area contributed by atoms with Crippen LogP contribution in [0.1, 0.15) is 26.3 Å². The molecule has 1 N–H and O–H groups in total. The van der Waals surface area contributed by atoms with Crippen LogP contribution < -0.4 is 15.0 Å². The van der Waals surface area contributed by atoms with Crippen LogP contribution in [0.2, 0.25) is 5.02 Å². The highest BCUT2D eigenvalue weighted by molar-refractivity contribution is 7.85. The minimum Gasteiger partial charge on any atom is -0.495 e. The van der Waals surface area contributed by atoms with E-state index in [1.165, 1.54) is 42.3 Å². The Hall–Kier alpha value is -4.54. The number of ether oxygens (including phenoxy) is 1. The number of non-ortho nitro benzene ring substituents is 1. The molecule has 1 aliphatic rings. The molecule has 4 aromatic rings. The lowest BCUT2D eigenvalue weighted by molar-refractivity contribution is -0.384. The summed E-state index contributed by atoms with van der Waals surface area (Å²) in [5, 5.41) is 14.4. The SMILES string of the molecule is COc1ccc([N+](=O)[O-])cc1NC(=O)c1ccc2c(c1)N(Cc1cccc(Cl)c1)C(=O)c1ccccc1[S@]2=O. The van der Waals surface area contributed by atoms with E-state index in [-0.39, 0.29) is 35.1 Å². The molecule has 1 aliphatic heterocycles.